The Morgan fingerprint density at radius 2 is 2.10 bits per heavy atom. The van der Waals surface area contributed by atoms with E-state index in [1.807, 2.05) is 0 Å². The molecule has 6 nitrogen and oxygen atoms in total. The summed E-state index contributed by atoms with van der Waals surface area (Å²) in [5.41, 5.74) is 0.992. The van der Waals surface area contributed by atoms with Crippen molar-refractivity contribution in [3.05, 3.63) is 46.2 Å². The van der Waals surface area contributed by atoms with Gasteiger partial charge in [0.1, 0.15) is 6.10 Å². The summed E-state index contributed by atoms with van der Waals surface area (Å²) in [4.78, 5) is 25.5. The van der Waals surface area contributed by atoms with E-state index in [1.165, 1.54) is 13.0 Å². The third kappa shape index (κ3) is 3.68. The van der Waals surface area contributed by atoms with E-state index in [-0.39, 0.29) is 24.3 Å². The number of fused-ring (bicyclic) bond motifs is 1. The van der Waals surface area contributed by atoms with Crippen LogP contribution in [-0.2, 0) is 4.79 Å². The van der Waals surface area contributed by atoms with E-state index >= 15 is 0 Å². The van der Waals surface area contributed by atoms with E-state index < -0.39 is 12.2 Å². The van der Waals surface area contributed by atoms with Crippen LogP contribution >= 0.6 is 0 Å². The molecule has 2 rings (SSSR count). The van der Waals surface area contributed by atoms with Crippen LogP contribution in [0.1, 0.15) is 25.0 Å². The Hall–Kier alpha value is -2.18. The van der Waals surface area contributed by atoms with Crippen molar-refractivity contribution in [2.75, 3.05) is 6.54 Å². The summed E-state index contributed by atoms with van der Waals surface area (Å²) >= 11 is 0. The largest absolute Gasteiger partial charge is 0.390 e. The highest BCUT2D eigenvalue weighted by Gasteiger charge is 2.18. The average molecular weight is 290 g/mol. The molecular formula is C15H18N2O4. The number of aromatic amines is 1. The Morgan fingerprint density at radius 3 is 2.81 bits per heavy atom. The summed E-state index contributed by atoms with van der Waals surface area (Å²) in [5.74, 6) is -0.186. The second kappa shape index (κ2) is 6.51. The van der Waals surface area contributed by atoms with Crippen LogP contribution in [0.5, 0.6) is 0 Å². The van der Waals surface area contributed by atoms with Gasteiger partial charge in [-0.1, -0.05) is 6.07 Å². The van der Waals surface area contributed by atoms with Crippen LogP contribution in [0.2, 0.25) is 0 Å². The van der Waals surface area contributed by atoms with Crippen LogP contribution in [0.3, 0.4) is 0 Å². The van der Waals surface area contributed by atoms with E-state index in [0.717, 1.165) is 0 Å². The Labute approximate surface area is 121 Å². The molecule has 6 heteroatoms. The quantitative estimate of drug-likeness (QED) is 0.642. The average Bonchev–Trinajstić information content (AvgIpc) is 2.46. The molecule has 0 bridgehead atoms. The fraction of sp³-hybridized carbons (Fsp3) is 0.333. The first-order valence-corrected chi connectivity index (χ1v) is 6.71. The SMILES string of the molecule is CC(=O)NCCC(O)C(O)c1ccc2[nH]ccc(=O)c2c1. The Kier molecular flexibility index (Phi) is 4.72. The number of amides is 1. The van der Waals surface area contributed by atoms with Gasteiger partial charge in [0, 0.05) is 36.6 Å². The predicted molar refractivity (Wildman–Crippen MR) is 78.8 cm³/mol. The summed E-state index contributed by atoms with van der Waals surface area (Å²) in [7, 11) is 0. The number of carbonyl (C=O) groups excluding carboxylic acids is 1. The van der Waals surface area contributed by atoms with Crippen molar-refractivity contribution in [2.45, 2.75) is 25.6 Å². The van der Waals surface area contributed by atoms with Gasteiger partial charge in [-0.15, -0.1) is 0 Å². The molecule has 1 heterocycles. The smallest absolute Gasteiger partial charge is 0.216 e. The van der Waals surface area contributed by atoms with Gasteiger partial charge in [0.05, 0.1) is 6.10 Å². The van der Waals surface area contributed by atoms with Crippen LogP contribution in [0.25, 0.3) is 10.9 Å². The molecule has 0 saturated heterocycles. The third-order valence-electron chi connectivity index (χ3n) is 3.30. The number of benzene rings is 1. The lowest BCUT2D eigenvalue weighted by Crippen LogP contribution is -2.27. The second-order valence-electron chi connectivity index (χ2n) is 4.93. The van der Waals surface area contributed by atoms with Crippen molar-refractivity contribution >= 4 is 16.8 Å². The van der Waals surface area contributed by atoms with Gasteiger partial charge in [-0.3, -0.25) is 9.59 Å². The van der Waals surface area contributed by atoms with Gasteiger partial charge >= 0.3 is 0 Å². The molecule has 0 saturated carbocycles. The number of H-pyrrole nitrogens is 1. The first kappa shape index (κ1) is 15.2. The fourth-order valence-electron chi connectivity index (χ4n) is 2.15. The van der Waals surface area contributed by atoms with Gasteiger partial charge in [-0.2, -0.15) is 0 Å². The number of nitrogens with one attached hydrogen (secondary N) is 2. The number of aromatic nitrogens is 1. The zero-order valence-electron chi connectivity index (χ0n) is 11.7. The van der Waals surface area contributed by atoms with Gasteiger partial charge in [-0.25, -0.2) is 0 Å². The molecule has 2 atom stereocenters. The molecule has 112 valence electrons. The van der Waals surface area contributed by atoms with Crippen molar-refractivity contribution in [1.29, 1.82) is 0 Å². The lowest BCUT2D eigenvalue weighted by atomic mass is 10.00. The molecule has 0 spiro atoms. The van der Waals surface area contributed by atoms with Gasteiger partial charge in [-0.05, 0) is 24.1 Å². The zero-order chi connectivity index (χ0) is 15.4. The fourth-order valence-corrected chi connectivity index (χ4v) is 2.15. The summed E-state index contributed by atoms with van der Waals surface area (Å²) in [6.45, 7) is 1.67. The Morgan fingerprint density at radius 1 is 1.33 bits per heavy atom. The highest BCUT2D eigenvalue weighted by Crippen LogP contribution is 2.21. The van der Waals surface area contributed by atoms with Crippen molar-refractivity contribution in [3.8, 4) is 0 Å². The number of hydrogen-bond acceptors (Lipinski definition) is 4. The lowest BCUT2D eigenvalue weighted by Gasteiger charge is -2.18. The maximum Gasteiger partial charge on any atom is 0.216 e. The minimum atomic E-state index is -1.11. The summed E-state index contributed by atoms with van der Waals surface area (Å²) in [6.07, 6.45) is -0.340. The Balaban J connectivity index is 2.15. The van der Waals surface area contributed by atoms with E-state index in [9.17, 15) is 19.8 Å². The summed E-state index contributed by atoms with van der Waals surface area (Å²) < 4.78 is 0. The normalized spacial score (nSPS) is 13.9. The van der Waals surface area contributed by atoms with Crippen LogP contribution in [-0.4, -0.2) is 33.8 Å². The van der Waals surface area contributed by atoms with Crippen molar-refractivity contribution in [3.63, 3.8) is 0 Å². The van der Waals surface area contributed by atoms with E-state index in [4.69, 9.17) is 0 Å². The number of rotatable bonds is 5. The van der Waals surface area contributed by atoms with Crippen molar-refractivity contribution in [1.82, 2.24) is 10.3 Å². The van der Waals surface area contributed by atoms with Gasteiger partial charge in [0.25, 0.3) is 0 Å². The third-order valence-corrected chi connectivity index (χ3v) is 3.30. The minimum Gasteiger partial charge on any atom is -0.390 e. The van der Waals surface area contributed by atoms with Crippen molar-refractivity contribution in [2.24, 2.45) is 0 Å². The first-order valence-electron chi connectivity index (χ1n) is 6.71. The minimum absolute atomic E-state index is 0.148. The van der Waals surface area contributed by atoms with Crippen LogP contribution < -0.4 is 10.7 Å². The standard InChI is InChI=1S/C15H18N2O4/c1-9(18)16-6-5-14(20)15(21)10-2-3-12-11(8-10)13(19)4-7-17-12/h2-4,7-8,14-15,20-21H,5-6H2,1H3,(H,16,18)(H,17,19). The number of carbonyl (C=O) groups is 1. The van der Waals surface area contributed by atoms with Gasteiger partial charge in [0.2, 0.25) is 5.91 Å². The molecule has 4 N–H and O–H groups in total. The molecule has 2 unspecified atom stereocenters. The molecule has 21 heavy (non-hydrogen) atoms. The van der Waals surface area contributed by atoms with Crippen molar-refractivity contribution < 1.29 is 15.0 Å². The molecule has 1 aromatic heterocycles. The number of aliphatic hydroxyl groups excluding tert-OH is 2. The lowest BCUT2D eigenvalue weighted by molar-refractivity contribution is -0.119. The molecule has 0 aliphatic rings. The topological polar surface area (TPSA) is 102 Å². The number of aliphatic hydroxyl groups is 2. The van der Waals surface area contributed by atoms with Gasteiger partial charge < -0.3 is 20.5 Å². The zero-order valence-corrected chi connectivity index (χ0v) is 11.7. The van der Waals surface area contributed by atoms with E-state index in [2.05, 4.69) is 10.3 Å². The molecule has 2 aromatic rings. The van der Waals surface area contributed by atoms with Gasteiger partial charge in [0.15, 0.2) is 5.43 Å². The number of hydrogen-bond donors (Lipinski definition) is 4. The van der Waals surface area contributed by atoms with E-state index in [1.54, 1.807) is 24.4 Å². The summed E-state index contributed by atoms with van der Waals surface area (Å²) in [5, 5.41) is 23.1. The van der Waals surface area contributed by atoms with Crippen LogP contribution in [0, 0.1) is 0 Å². The molecular weight excluding hydrogens is 272 g/mol. The highest BCUT2D eigenvalue weighted by atomic mass is 16.3. The molecule has 1 aromatic carbocycles. The predicted octanol–water partition coefficient (Wildman–Crippen LogP) is 0.449. The molecule has 0 aliphatic heterocycles. The van der Waals surface area contributed by atoms with Crippen LogP contribution in [0.15, 0.2) is 35.3 Å². The molecule has 0 fully saturated rings. The monoisotopic (exact) mass is 290 g/mol. The second-order valence-corrected chi connectivity index (χ2v) is 4.93. The number of pyridine rings is 1. The summed E-state index contributed by atoms with van der Waals surface area (Å²) in [6, 6.07) is 6.33. The maximum absolute atomic E-state index is 11.8. The Bertz CT molecular complexity index is 695. The highest BCUT2D eigenvalue weighted by molar-refractivity contribution is 5.78. The van der Waals surface area contributed by atoms with E-state index in [0.29, 0.717) is 16.5 Å². The molecule has 0 radical (unpaired) electrons. The maximum atomic E-state index is 11.8. The first-order chi connectivity index (χ1) is 9.99. The van der Waals surface area contributed by atoms with Crippen LogP contribution in [0.4, 0.5) is 0 Å². The molecule has 0 aliphatic carbocycles. The molecule has 1 amide bonds.